The van der Waals surface area contributed by atoms with E-state index in [-0.39, 0.29) is 11.7 Å². The lowest BCUT2D eigenvalue weighted by molar-refractivity contribution is 0.101. The molecule has 0 unspecified atom stereocenters. The van der Waals surface area contributed by atoms with E-state index in [9.17, 15) is 9.18 Å². The first kappa shape index (κ1) is 19.4. The van der Waals surface area contributed by atoms with Crippen molar-refractivity contribution in [1.29, 1.82) is 0 Å². The number of aromatic nitrogens is 2. The summed E-state index contributed by atoms with van der Waals surface area (Å²) in [5.74, 6) is -0.00321. The van der Waals surface area contributed by atoms with Crippen molar-refractivity contribution in [3.8, 4) is 22.7 Å². The van der Waals surface area contributed by atoms with Gasteiger partial charge in [0.25, 0.3) is 5.91 Å². The molecule has 4 aromatic rings. The normalized spacial score (nSPS) is 10.6. The zero-order chi connectivity index (χ0) is 21.1. The Kier molecular flexibility index (Phi) is 5.30. The monoisotopic (exact) mass is 401 g/mol. The Hall–Kier alpha value is -3.93. The highest BCUT2D eigenvalue weighted by atomic mass is 19.1. The van der Waals surface area contributed by atoms with Crippen molar-refractivity contribution in [2.75, 3.05) is 12.4 Å². The molecule has 0 radical (unpaired) electrons. The fraction of sp³-hybridized carbons (Fsp3) is 0.0833. The van der Waals surface area contributed by atoms with Crippen LogP contribution >= 0.6 is 0 Å². The van der Waals surface area contributed by atoms with Crippen LogP contribution in [-0.2, 0) is 0 Å². The molecule has 150 valence electrons. The maximum Gasteiger partial charge on any atom is 0.274 e. The summed E-state index contributed by atoms with van der Waals surface area (Å²) >= 11 is 0. The third-order valence-corrected chi connectivity index (χ3v) is 4.69. The van der Waals surface area contributed by atoms with Gasteiger partial charge in [-0.25, -0.2) is 9.07 Å². The summed E-state index contributed by atoms with van der Waals surface area (Å²) in [5, 5.41) is 7.48. The largest absolute Gasteiger partial charge is 0.497 e. The lowest BCUT2D eigenvalue weighted by atomic mass is 10.1. The molecule has 0 atom stereocenters. The number of nitrogens with one attached hydrogen (secondary N) is 1. The van der Waals surface area contributed by atoms with E-state index in [0.717, 1.165) is 16.8 Å². The second-order valence-electron chi connectivity index (χ2n) is 6.86. The summed E-state index contributed by atoms with van der Waals surface area (Å²) in [4.78, 5) is 13.0. The fourth-order valence-electron chi connectivity index (χ4n) is 3.08. The summed E-state index contributed by atoms with van der Waals surface area (Å²) in [6.07, 6.45) is 0. The van der Waals surface area contributed by atoms with E-state index in [1.807, 2.05) is 55.5 Å². The highest BCUT2D eigenvalue weighted by molar-refractivity contribution is 6.04. The van der Waals surface area contributed by atoms with Gasteiger partial charge in [0.05, 0.1) is 18.5 Å². The van der Waals surface area contributed by atoms with Gasteiger partial charge in [0.1, 0.15) is 17.3 Å². The summed E-state index contributed by atoms with van der Waals surface area (Å²) in [7, 11) is 1.60. The minimum Gasteiger partial charge on any atom is -0.497 e. The van der Waals surface area contributed by atoms with E-state index in [4.69, 9.17) is 4.74 Å². The van der Waals surface area contributed by atoms with Crippen LogP contribution < -0.4 is 10.1 Å². The topological polar surface area (TPSA) is 56.1 Å². The molecule has 0 fully saturated rings. The van der Waals surface area contributed by atoms with E-state index in [1.165, 1.54) is 24.3 Å². The van der Waals surface area contributed by atoms with Crippen LogP contribution in [0.1, 0.15) is 16.1 Å². The predicted molar refractivity (Wildman–Crippen MR) is 115 cm³/mol. The van der Waals surface area contributed by atoms with E-state index in [2.05, 4.69) is 10.4 Å². The Morgan fingerprint density at radius 2 is 1.73 bits per heavy atom. The van der Waals surface area contributed by atoms with Crippen LogP contribution in [0.5, 0.6) is 5.75 Å². The fourth-order valence-corrected chi connectivity index (χ4v) is 3.08. The number of anilines is 1. The molecule has 1 heterocycles. The number of carbonyl (C=O) groups excluding carboxylic acids is 1. The first-order chi connectivity index (χ1) is 14.5. The third kappa shape index (κ3) is 4.07. The molecule has 1 amide bonds. The number of carbonyl (C=O) groups is 1. The summed E-state index contributed by atoms with van der Waals surface area (Å²) in [6, 6.07) is 22.6. The molecule has 0 spiro atoms. The van der Waals surface area contributed by atoms with Crippen molar-refractivity contribution in [3.63, 3.8) is 0 Å². The molecule has 0 aliphatic carbocycles. The lowest BCUT2D eigenvalue weighted by Gasteiger charge is -2.09. The van der Waals surface area contributed by atoms with Gasteiger partial charge in [0, 0.05) is 11.3 Å². The predicted octanol–water partition coefficient (Wildman–Crippen LogP) is 5.25. The number of halogens is 1. The van der Waals surface area contributed by atoms with Crippen LogP contribution in [-0.4, -0.2) is 22.8 Å². The molecule has 3 aromatic carbocycles. The van der Waals surface area contributed by atoms with Crippen molar-refractivity contribution in [1.82, 2.24) is 9.78 Å². The molecule has 0 saturated carbocycles. The maximum absolute atomic E-state index is 13.2. The number of methoxy groups -OCH3 is 1. The number of ether oxygens (including phenoxy) is 1. The summed E-state index contributed by atoms with van der Waals surface area (Å²) < 4.78 is 20.1. The molecule has 0 saturated heterocycles. The zero-order valence-corrected chi connectivity index (χ0v) is 16.6. The smallest absolute Gasteiger partial charge is 0.274 e. The van der Waals surface area contributed by atoms with E-state index < -0.39 is 0 Å². The Bertz CT molecular complexity index is 1180. The first-order valence-corrected chi connectivity index (χ1v) is 9.42. The van der Waals surface area contributed by atoms with Crippen LogP contribution in [0.25, 0.3) is 16.9 Å². The Balaban J connectivity index is 1.76. The molecule has 1 N–H and O–H groups in total. The van der Waals surface area contributed by atoms with E-state index in [0.29, 0.717) is 22.8 Å². The number of benzene rings is 3. The number of aryl methyl sites for hydroxylation is 1. The van der Waals surface area contributed by atoms with Gasteiger partial charge < -0.3 is 10.1 Å². The number of nitrogens with zero attached hydrogens (tertiary/aromatic N) is 2. The van der Waals surface area contributed by atoms with Gasteiger partial charge >= 0.3 is 0 Å². The van der Waals surface area contributed by atoms with Crippen molar-refractivity contribution < 1.29 is 13.9 Å². The van der Waals surface area contributed by atoms with Gasteiger partial charge in [-0.1, -0.05) is 29.8 Å². The third-order valence-electron chi connectivity index (χ3n) is 4.69. The molecule has 6 heteroatoms. The average Bonchev–Trinajstić information content (AvgIpc) is 3.21. The number of hydrogen-bond acceptors (Lipinski definition) is 3. The van der Waals surface area contributed by atoms with E-state index in [1.54, 1.807) is 17.9 Å². The molecule has 0 aliphatic heterocycles. The summed E-state index contributed by atoms with van der Waals surface area (Å²) in [6.45, 7) is 2.00. The van der Waals surface area contributed by atoms with Crippen molar-refractivity contribution >= 4 is 11.6 Å². The second-order valence-corrected chi connectivity index (χ2v) is 6.86. The lowest BCUT2D eigenvalue weighted by Crippen LogP contribution is -2.17. The van der Waals surface area contributed by atoms with E-state index >= 15 is 0 Å². The van der Waals surface area contributed by atoms with Crippen molar-refractivity contribution in [3.05, 3.63) is 95.9 Å². The molecule has 30 heavy (non-hydrogen) atoms. The number of rotatable bonds is 5. The van der Waals surface area contributed by atoms with Crippen LogP contribution in [0.3, 0.4) is 0 Å². The SMILES string of the molecule is COc1cccc(-c2cc(C(=O)Nc3ccc(F)cc3)n(-c3ccc(C)cc3)n2)c1. The molecular formula is C24H20FN3O2. The van der Waals surface area contributed by atoms with Crippen molar-refractivity contribution in [2.45, 2.75) is 6.92 Å². The van der Waals surface area contributed by atoms with Crippen molar-refractivity contribution in [2.24, 2.45) is 0 Å². The van der Waals surface area contributed by atoms with Crippen LogP contribution in [0.2, 0.25) is 0 Å². The minimum absolute atomic E-state index is 0.344. The standard InChI is InChI=1S/C24H20FN3O2/c1-16-6-12-20(13-7-16)28-23(24(29)26-19-10-8-18(25)9-11-19)15-22(27-28)17-4-3-5-21(14-17)30-2/h3-15H,1-2H3,(H,26,29). The Labute approximate surface area is 173 Å². The minimum atomic E-state index is -0.363. The maximum atomic E-state index is 13.2. The molecule has 4 rings (SSSR count). The molecule has 0 aliphatic rings. The van der Waals surface area contributed by atoms with Crippen LogP contribution in [0, 0.1) is 12.7 Å². The van der Waals surface area contributed by atoms with Gasteiger partial charge in [-0.05, 0) is 61.5 Å². The Morgan fingerprint density at radius 3 is 2.43 bits per heavy atom. The molecule has 1 aromatic heterocycles. The zero-order valence-electron chi connectivity index (χ0n) is 16.6. The van der Waals surface area contributed by atoms with Crippen LogP contribution in [0.15, 0.2) is 78.9 Å². The highest BCUT2D eigenvalue weighted by Crippen LogP contribution is 2.26. The summed E-state index contributed by atoms with van der Waals surface area (Å²) in [5.41, 5.74) is 4.20. The Morgan fingerprint density at radius 1 is 1.00 bits per heavy atom. The quantitative estimate of drug-likeness (QED) is 0.497. The van der Waals surface area contributed by atoms with Gasteiger partial charge in [0.15, 0.2) is 0 Å². The second kappa shape index (κ2) is 8.21. The van der Waals surface area contributed by atoms with Gasteiger partial charge in [-0.2, -0.15) is 5.10 Å². The van der Waals surface area contributed by atoms with Gasteiger partial charge in [-0.3, -0.25) is 4.79 Å². The van der Waals surface area contributed by atoms with Gasteiger partial charge in [0.2, 0.25) is 0 Å². The molecular weight excluding hydrogens is 381 g/mol. The molecule has 5 nitrogen and oxygen atoms in total. The number of amides is 1. The average molecular weight is 401 g/mol. The highest BCUT2D eigenvalue weighted by Gasteiger charge is 2.18. The van der Waals surface area contributed by atoms with Gasteiger partial charge in [-0.15, -0.1) is 0 Å². The molecule has 0 bridgehead atoms. The number of hydrogen-bond donors (Lipinski definition) is 1. The van der Waals surface area contributed by atoms with Crippen LogP contribution in [0.4, 0.5) is 10.1 Å². The first-order valence-electron chi connectivity index (χ1n) is 9.42.